The summed E-state index contributed by atoms with van der Waals surface area (Å²) in [4.78, 5) is 24.2. The second-order valence-electron chi connectivity index (χ2n) is 4.11. The molecule has 1 aromatic rings. The third-order valence-corrected chi connectivity index (χ3v) is 2.89. The lowest BCUT2D eigenvalue weighted by Crippen LogP contribution is -2.32. The molecule has 6 nitrogen and oxygen atoms in total. The summed E-state index contributed by atoms with van der Waals surface area (Å²) in [6.45, 7) is 0. The molecule has 0 aromatic heterocycles. The minimum atomic E-state index is -0.612. The number of imide groups is 1. The predicted molar refractivity (Wildman–Crippen MR) is 65.4 cm³/mol. The van der Waals surface area contributed by atoms with E-state index in [-0.39, 0.29) is 18.2 Å². The Morgan fingerprint density at radius 2 is 2.22 bits per heavy atom. The zero-order chi connectivity index (χ0) is 13.3. The van der Waals surface area contributed by atoms with Gasteiger partial charge in [0, 0.05) is 7.05 Å². The van der Waals surface area contributed by atoms with Crippen LogP contribution in [-0.4, -0.2) is 29.8 Å². The number of nitrogens with one attached hydrogen (secondary N) is 1. The molecule has 1 heterocycles. The lowest BCUT2D eigenvalue weighted by atomic mass is 10.1. The summed E-state index contributed by atoms with van der Waals surface area (Å²) in [5.41, 5.74) is 7.13. The molecule has 0 spiro atoms. The number of carbonyl (C=O) groups is 2. The standard InChI is InChI=1S/C12H12N4O2/c1-16-11(17)5-10(12(16)18)15-9-4-7(6-13)2-3-8(9)14/h2-4,10,15H,5,14H2,1H3. The normalized spacial score (nSPS) is 18.9. The van der Waals surface area contributed by atoms with Gasteiger partial charge in [-0.1, -0.05) is 0 Å². The number of benzene rings is 1. The molecule has 1 saturated heterocycles. The van der Waals surface area contributed by atoms with Crippen molar-refractivity contribution in [1.29, 1.82) is 5.26 Å². The molecule has 1 aromatic carbocycles. The summed E-state index contributed by atoms with van der Waals surface area (Å²) in [6, 6.07) is 6.12. The minimum Gasteiger partial charge on any atom is -0.397 e. The topological polar surface area (TPSA) is 99.2 Å². The van der Waals surface area contributed by atoms with Crippen LogP contribution in [0.4, 0.5) is 11.4 Å². The maximum Gasteiger partial charge on any atom is 0.251 e. The SMILES string of the molecule is CN1C(=O)CC(Nc2cc(C#N)ccc2N)C1=O. The van der Waals surface area contributed by atoms with Gasteiger partial charge in [-0.05, 0) is 18.2 Å². The fourth-order valence-electron chi connectivity index (χ4n) is 1.81. The number of hydrogen-bond acceptors (Lipinski definition) is 5. The molecule has 1 aliphatic rings. The van der Waals surface area contributed by atoms with Crippen LogP contribution >= 0.6 is 0 Å². The average molecular weight is 244 g/mol. The highest BCUT2D eigenvalue weighted by molar-refractivity contribution is 6.06. The smallest absolute Gasteiger partial charge is 0.251 e. The first kappa shape index (κ1) is 11.9. The second kappa shape index (κ2) is 4.37. The lowest BCUT2D eigenvalue weighted by Gasteiger charge is -2.14. The van der Waals surface area contributed by atoms with Gasteiger partial charge in [-0.2, -0.15) is 5.26 Å². The average Bonchev–Trinajstić information content (AvgIpc) is 2.60. The molecule has 0 aliphatic carbocycles. The number of amides is 2. The molecule has 0 bridgehead atoms. The molecule has 18 heavy (non-hydrogen) atoms. The summed E-state index contributed by atoms with van der Waals surface area (Å²) in [5.74, 6) is -0.519. The Labute approximate surface area is 104 Å². The Hall–Kier alpha value is -2.55. The van der Waals surface area contributed by atoms with Gasteiger partial charge in [0.1, 0.15) is 6.04 Å². The summed E-state index contributed by atoms with van der Waals surface area (Å²) in [7, 11) is 1.45. The van der Waals surface area contributed by atoms with Crippen LogP contribution in [-0.2, 0) is 9.59 Å². The van der Waals surface area contributed by atoms with Gasteiger partial charge in [0.25, 0.3) is 5.91 Å². The maximum atomic E-state index is 11.7. The zero-order valence-corrected chi connectivity index (χ0v) is 9.80. The third kappa shape index (κ3) is 1.98. The van der Waals surface area contributed by atoms with Crippen molar-refractivity contribution in [2.45, 2.75) is 12.5 Å². The molecule has 3 N–H and O–H groups in total. The van der Waals surface area contributed by atoms with Crippen molar-refractivity contribution in [2.75, 3.05) is 18.1 Å². The predicted octanol–water partition coefficient (Wildman–Crippen LogP) is 0.310. The summed E-state index contributed by atoms with van der Waals surface area (Å²) in [5, 5.41) is 11.7. The van der Waals surface area contributed by atoms with Gasteiger partial charge >= 0.3 is 0 Å². The minimum absolute atomic E-state index is 0.103. The van der Waals surface area contributed by atoms with Crippen molar-refractivity contribution >= 4 is 23.2 Å². The van der Waals surface area contributed by atoms with Gasteiger partial charge in [0.2, 0.25) is 5.91 Å². The first-order valence-electron chi connectivity index (χ1n) is 5.39. The van der Waals surface area contributed by atoms with Gasteiger partial charge in [0.15, 0.2) is 0 Å². The molecule has 1 aliphatic heterocycles. The highest BCUT2D eigenvalue weighted by atomic mass is 16.2. The molecule has 92 valence electrons. The number of hydrogen-bond donors (Lipinski definition) is 2. The van der Waals surface area contributed by atoms with Gasteiger partial charge in [0.05, 0.1) is 29.4 Å². The second-order valence-corrected chi connectivity index (χ2v) is 4.11. The lowest BCUT2D eigenvalue weighted by molar-refractivity contribution is -0.136. The van der Waals surface area contributed by atoms with Crippen molar-refractivity contribution in [3.8, 4) is 6.07 Å². The van der Waals surface area contributed by atoms with Crippen molar-refractivity contribution < 1.29 is 9.59 Å². The van der Waals surface area contributed by atoms with Crippen LogP contribution in [0.15, 0.2) is 18.2 Å². The number of rotatable bonds is 2. The van der Waals surface area contributed by atoms with Crippen molar-refractivity contribution in [1.82, 2.24) is 4.90 Å². The summed E-state index contributed by atoms with van der Waals surface area (Å²) in [6.07, 6.45) is 0.103. The van der Waals surface area contributed by atoms with E-state index in [1.165, 1.54) is 7.05 Å². The van der Waals surface area contributed by atoms with Crippen LogP contribution in [0.5, 0.6) is 0 Å². The van der Waals surface area contributed by atoms with E-state index in [4.69, 9.17) is 11.0 Å². The van der Waals surface area contributed by atoms with E-state index in [0.717, 1.165) is 4.90 Å². The van der Waals surface area contributed by atoms with Gasteiger partial charge in [-0.3, -0.25) is 14.5 Å². The quantitative estimate of drug-likeness (QED) is 0.576. The van der Waals surface area contributed by atoms with Gasteiger partial charge in [-0.25, -0.2) is 0 Å². The van der Waals surface area contributed by atoms with Crippen LogP contribution in [0, 0.1) is 11.3 Å². The van der Waals surface area contributed by atoms with E-state index in [1.54, 1.807) is 18.2 Å². The van der Waals surface area contributed by atoms with Crippen LogP contribution in [0.3, 0.4) is 0 Å². The molecule has 0 radical (unpaired) electrons. The molecular weight excluding hydrogens is 232 g/mol. The molecular formula is C12H12N4O2. The number of anilines is 2. The molecule has 6 heteroatoms. The Bertz CT molecular complexity index is 562. The van der Waals surface area contributed by atoms with Gasteiger partial charge in [-0.15, -0.1) is 0 Å². The van der Waals surface area contributed by atoms with E-state index in [1.807, 2.05) is 6.07 Å². The summed E-state index contributed by atoms with van der Waals surface area (Å²) < 4.78 is 0. The molecule has 1 unspecified atom stereocenters. The van der Waals surface area contributed by atoms with E-state index in [0.29, 0.717) is 16.9 Å². The Morgan fingerprint density at radius 1 is 1.50 bits per heavy atom. The van der Waals surface area contributed by atoms with E-state index < -0.39 is 6.04 Å². The van der Waals surface area contributed by atoms with Crippen LogP contribution in [0.2, 0.25) is 0 Å². The van der Waals surface area contributed by atoms with Crippen molar-refractivity contribution in [2.24, 2.45) is 0 Å². The number of likely N-dealkylation sites (N-methyl/N-ethyl adjacent to an activating group) is 1. The van der Waals surface area contributed by atoms with Gasteiger partial charge < -0.3 is 11.1 Å². The number of likely N-dealkylation sites (tertiary alicyclic amines) is 1. The Balaban J connectivity index is 2.23. The number of nitriles is 1. The van der Waals surface area contributed by atoms with E-state index in [9.17, 15) is 9.59 Å². The first-order valence-corrected chi connectivity index (χ1v) is 5.39. The molecule has 1 fully saturated rings. The van der Waals surface area contributed by atoms with Crippen molar-refractivity contribution in [3.05, 3.63) is 23.8 Å². The van der Waals surface area contributed by atoms with Crippen LogP contribution in [0.1, 0.15) is 12.0 Å². The molecule has 1 atom stereocenters. The maximum absolute atomic E-state index is 11.7. The molecule has 2 rings (SSSR count). The highest BCUT2D eigenvalue weighted by Gasteiger charge is 2.36. The number of nitrogens with zero attached hydrogens (tertiary/aromatic N) is 2. The van der Waals surface area contributed by atoms with E-state index in [2.05, 4.69) is 5.32 Å². The Morgan fingerprint density at radius 3 is 2.78 bits per heavy atom. The molecule has 2 amide bonds. The summed E-state index contributed by atoms with van der Waals surface area (Å²) >= 11 is 0. The number of carbonyl (C=O) groups excluding carboxylic acids is 2. The Kier molecular flexibility index (Phi) is 2.90. The highest BCUT2D eigenvalue weighted by Crippen LogP contribution is 2.23. The van der Waals surface area contributed by atoms with Crippen LogP contribution in [0.25, 0.3) is 0 Å². The monoisotopic (exact) mass is 244 g/mol. The largest absolute Gasteiger partial charge is 0.397 e. The third-order valence-electron chi connectivity index (χ3n) is 2.89. The molecule has 0 saturated carbocycles. The fourth-order valence-corrected chi connectivity index (χ4v) is 1.81. The van der Waals surface area contributed by atoms with Crippen molar-refractivity contribution in [3.63, 3.8) is 0 Å². The first-order chi connectivity index (χ1) is 8.52. The number of nitrogens with two attached hydrogens (primary N) is 1. The fraction of sp³-hybridized carbons (Fsp3) is 0.250. The van der Waals surface area contributed by atoms with Crippen LogP contribution < -0.4 is 11.1 Å². The zero-order valence-electron chi connectivity index (χ0n) is 9.80. The number of nitrogen functional groups attached to an aromatic ring is 1. The van der Waals surface area contributed by atoms with E-state index >= 15 is 0 Å².